The van der Waals surface area contributed by atoms with Crippen LogP contribution >= 0.6 is 0 Å². The standard InChI is InChI=1S/C14H26N2O4/c1-20-10-12(17)6-8-15-13(18)7-9-16-14(19)11-4-2-3-5-11/h11-12,17H,2-10H2,1H3,(H,15,18)(H,16,19). The number of carbonyl (C=O) groups excluding carboxylic acids is 2. The lowest BCUT2D eigenvalue weighted by Gasteiger charge is -2.11. The van der Waals surface area contributed by atoms with Crippen LogP contribution in [0.1, 0.15) is 38.5 Å². The molecular formula is C14H26N2O4. The monoisotopic (exact) mass is 286 g/mol. The van der Waals surface area contributed by atoms with Crippen LogP contribution in [-0.4, -0.2) is 49.8 Å². The molecule has 0 aromatic rings. The van der Waals surface area contributed by atoms with Crippen LogP contribution in [0.4, 0.5) is 0 Å². The fourth-order valence-corrected chi connectivity index (χ4v) is 2.37. The van der Waals surface area contributed by atoms with Crippen molar-refractivity contribution in [3.63, 3.8) is 0 Å². The number of aliphatic hydroxyl groups excluding tert-OH is 1. The van der Waals surface area contributed by atoms with Gasteiger partial charge in [-0.25, -0.2) is 0 Å². The summed E-state index contributed by atoms with van der Waals surface area (Å²) in [6, 6.07) is 0. The molecule has 116 valence electrons. The molecule has 0 aliphatic heterocycles. The summed E-state index contributed by atoms with van der Waals surface area (Å²) in [5.41, 5.74) is 0. The summed E-state index contributed by atoms with van der Waals surface area (Å²) < 4.78 is 4.79. The predicted octanol–water partition coefficient (Wildman–Crippen LogP) is 0.196. The Hall–Kier alpha value is -1.14. The molecule has 0 saturated heterocycles. The van der Waals surface area contributed by atoms with Crippen molar-refractivity contribution in [2.75, 3.05) is 26.8 Å². The molecule has 20 heavy (non-hydrogen) atoms. The minimum Gasteiger partial charge on any atom is -0.391 e. The number of methoxy groups -OCH3 is 1. The molecule has 0 aromatic carbocycles. The second kappa shape index (κ2) is 9.72. The van der Waals surface area contributed by atoms with Gasteiger partial charge in [-0.1, -0.05) is 12.8 Å². The average molecular weight is 286 g/mol. The number of aliphatic hydroxyl groups is 1. The maximum Gasteiger partial charge on any atom is 0.223 e. The number of nitrogens with one attached hydrogen (secondary N) is 2. The molecule has 1 unspecified atom stereocenters. The molecule has 0 radical (unpaired) electrons. The van der Waals surface area contributed by atoms with Gasteiger partial charge in [0.15, 0.2) is 0 Å². The van der Waals surface area contributed by atoms with Crippen LogP contribution in [0.25, 0.3) is 0 Å². The van der Waals surface area contributed by atoms with Crippen LogP contribution in [0.3, 0.4) is 0 Å². The molecule has 0 spiro atoms. The first kappa shape index (κ1) is 16.9. The highest BCUT2D eigenvalue weighted by molar-refractivity contribution is 5.80. The zero-order chi connectivity index (χ0) is 14.8. The van der Waals surface area contributed by atoms with E-state index in [2.05, 4.69) is 10.6 Å². The third kappa shape index (κ3) is 6.86. The number of hydrogen-bond donors (Lipinski definition) is 3. The maximum absolute atomic E-state index is 11.7. The molecule has 2 amide bonds. The van der Waals surface area contributed by atoms with Crippen molar-refractivity contribution in [1.29, 1.82) is 0 Å². The largest absolute Gasteiger partial charge is 0.391 e. The van der Waals surface area contributed by atoms with Crippen molar-refractivity contribution < 1.29 is 19.4 Å². The minimum absolute atomic E-state index is 0.0748. The Labute approximate surface area is 120 Å². The Kier molecular flexibility index (Phi) is 8.22. The minimum atomic E-state index is -0.553. The van der Waals surface area contributed by atoms with Gasteiger partial charge in [-0.05, 0) is 19.3 Å². The van der Waals surface area contributed by atoms with Gasteiger partial charge in [-0.2, -0.15) is 0 Å². The Morgan fingerprint density at radius 3 is 2.60 bits per heavy atom. The van der Waals surface area contributed by atoms with Gasteiger partial charge < -0.3 is 20.5 Å². The van der Waals surface area contributed by atoms with Gasteiger partial charge >= 0.3 is 0 Å². The smallest absolute Gasteiger partial charge is 0.223 e. The second-order valence-corrected chi connectivity index (χ2v) is 5.27. The van der Waals surface area contributed by atoms with Gasteiger partial charge in [-0.3, -0.25) is 9.59 Å². The van der Waals surface area contributed by atoms with Crippen LogP contribution in [0.15, 0.2) is 0 Å². The third-order valence-electron chi connectivity index (χ3n) is 3.54. The van der Waals surface area contributed by atoms with Gasteiger partial charge in [0.05, 0.1) is 12.7 Å². The topological polar surface area (TPSA) is 87.7 Å². The lowest BCUT2D eigenvalue weighted by molar-refractivity contribution is -0.125. The van der Waals surface area contributed by atoms with Gasteiger partial charge in [0, 0.05) is 32.5 Å². The summed E-state index contributed by atoms with van der Waals surface area (Å²) in [6.45, 7) is 1.06. The fourth-order valence-electron chi connectivity index (χ4n) is 2.37. The van der Waals surface area contributed by atoms with E-state index in [1.165, 1.54) is 7.11 Å². The zero-order valence-electron chi connectivity index (χ0n) is 12.2. The number of ether oxygens (including phenoxy) is 1. The van der Waals surface area contributed by atoms with E-state index in [4.69, 9.17) is 4.74 Å². The third-order valence-corrected chi connectivity index (χ3v) is 3.54. The zero-order valence-corrected chi connectivity index (χ0v) is 12.2. The molecule has 6 nitrogen and oxygen atoms in total. The van der Waals surface area contributed by atoms with E-state index in [0.717, 1.165) is 25.7 Å². The fraction of sp³-hybridized carbons (Fsp3) is 0.857. The summed E-state index contributed by atoms with van der Waals surface area (Å²) in [7, 11) is 1.52. The molecule has 6 heteroatoms. The molecule has 1 atom stereocenters. The SMILES string of the molecule is COCC(O)CCNC(=O)CCNC(=O)C1CCCC1. The maximum atomic E-state index is 11.7. The van der Waals surface area contributed by atoms with Gasteiger partial charge in [-0.15, -0.1) is 0 Å². The van der Waals surface area contributed by atoms with Crippen LogP contribution in [0.2, 0.25) is 0 Å². The summed E-state index contributed by atoms with van der Waals surface area (Å²) in [5, 5.41) is 14.9. The van der Waals surface area contributed by atoms with Crippen molar-refractivity contribution in [2.45, 2.75) is 44.6 Å². The van der Waals surface area contributed by atoms with E-state index in [9.17, 15) is 14.7 Å². The Morgan fingerprint density at radius 1 is 1.25 bits per heavy atom. The predicted molar refractivity (Wildman–Crippen MR) is 75.1 cm³/mol. The average Bonchev–Trinajstić information content (AvgIpc) is 2.93. The van der Waals surface area contributed by atoms with Crippen molar-refractivity contribution in [3.05, 3.63) is 0 Å². The first-order valence-electron chi connectivity index (χ1n) is 7.35. The summed E-state index contributed by atoms with van der Waals surface area (Å²) >= 11 is 0. The van der Waals surface area contributed by atoms with E-state index >= 15 is 0 Å². The molecule has 0 bridgehead atoms. The number of carbonyl (C=O) groups is 2. The lowest BCUT2D eigenvalue weighted by Crippen LogP contribution is -2.34. The second-order valence-electron chi connectivity index (χ2n) is 5.27. The molecule has 1 rings (SSSR count). The number of rotatable bonds is 9. The molecule has 0 heterocycles. The lowest BCUT2D eigenvalue weighted by atomic mass is 10.1. The molecule has 1 aliphatic rings. The Morgan fingerprint density at radius 2 is 1.95 bits per heavy atom. The molecular weight excluding hydrogens is 260 g/mol. The normalized spacial score (nSPS) is 16.9. The Bertz CT molecular complexity index is 304. The highest BCUT2D eigenvalue weighted by Crippen LogP contribution is 2.24. The van der Waals surface area contributed by atoms with Gasteiger partial charge in [0.25, 0.3) is 0 Å². The van der Waals surface area contributed by atoms with Crippen LogP contribution in [0.5, 0.6) is 0 Å². The summed E-state index contributed by atoms with van der Waals surface area (Å²) in [6.07, 6.45) is 4.38. The van der Waals surface area contributed by atoms with E-state index in [-0.39, 0.29) is 30.8 Å². The summed E-state index contributed by atoms with van der Waals surface area (Å²) in [5.74, 6) is 0.106. The van der Waals surface area contributed by atoms with E-state index in [1.54, 1.807) is 0 Å². The first-order valence-corrected chi connectivity index (χ1v) is 7.35. The molecule has 1 aliphatic carbocycles. The summed E-state index contributed by atoms with van der Waals surface area (Å²) in [4.78, 5) is 23.2. The van der Waals surface area contributed by atoms with Crippen LogP contribution in [-0.2, 0) is 14.3 Å². The van der Waals surface area contributed by atoms with Crippen molar-refractivity contribution >= 4 is 11.8 Å². The first-order chi connectivity index (χ1) is 9.63. The highest BCUT2D eigenvalue weighted by Gasteiger charge is 2.22. The van der Waals surface area contributed by atoms with Crippen LogP contribution < -0.4 is 10.6 Å². The van der Waals surface area contributed by atoms with Gasteiger partial charge in [0.2, 0.25) is 11.8 Å². The molecule has 1 saturated carbocycles. The number of hydrogen-bond acceptors (Lipinski definition) is 4. The highest BCUT2D eigenvalue weighted by atomic mass is 16.5. The van der Waals surface area contributed by atoms with E-state index in [1.807, 2.05) is 0 Å². The Balaban J connectivity index is 2.00. The quantitative estimate of drug-likeness (QED) is 0.565. The molecule has 1 fully saturated rings. The van der Waals surface area contributed by atoms with Crippen molar-refractivity contribution in [1.82, 2.24) is 10.6 Å². The number of amides is 2. The van der Waals surface area contributed by atoms with Crippen molar-refractivity contribution in [2.24, 2.45) is 5.92 Å². The molecule has 0 aromatic heterocycles. The van der Waals surface area contributed by atoms with Gasteiger partial charge in [0.1, 0.15) is 0 Å². The molecule has 3 N–H and O–H groups in total. The van der Waals surface area contributed by atoms with E-state index < -0.39 is 6.10 Å². The van der Waals surface area contributed by atoms with Crippen LogP contribution in [0, 0.1) is 5.92 Å². The van der Waals surface area contributed by atoms with Crippen molar-refractivity contribution in [3.8, 4) is 0 Å². The van der Waals surface area contributed by atoms with E-state index in [0.29, 0.717) is 19.5 Å².